The Morgan fingerprint density at radius 1 is 1.04 bits per heavy atom. The van der Waals surface area contributed by atoms with E-state index in [1.807, 2.05) is 14.1 Å². The van der Waals surface area contributed by atoms with Gasteiger partial charge >= 0.3 is 0 Å². The van der Waals surface area contributed by atoms with Crippen molar-refractivity contribution >= 4 is 5.69 Å². The van der Waals surface area contributed by atoms with Gasteiger partial charge in [-0.25, -0.2) is 0 Å². The van der Waals surface area contributed by atoms with Gasteiger partial charge in [-0.1, -0.05) is 12.1 Å². The third kappa shape index (κ3) is 3.53. The van der Waals surface area contributed by atoms with Gasteiger partial charge in [0, 0.05) is 45.5 Å². The molecule has 3 aromatic rings. The Bertz CT molecular complexity index is 879. The summed E-state index contributed by atoms with van der Waals surface area (Å²) in [6, 6.07) is 11.6. The SMILES string of the molecule is CN(C)c1ccc(CCc2nnc(-c3ccc(=O)n(C)c3)o2)cc1. The van der Waals surface area contributed by atoms with Gasteiger partial charge in [-0.05, 0) is 30.2 Å². The second-order valence-corrected chi connectivity index (χ2v) is 5.93. The molecule has 2 aromatic heterocycles. The molecular weight excluding hydrogens is 304 g/mol. The first-order valence-electron chi connectivity index (χ1n) is 7.78. The minimum Gasteiger partial charge on any atom is -0.421 e. The quantitative estimate of drug-likeness (QED) is 0.720. The summed E-state index contributed by atoms with van der Waals surface area (Å²) < 4.78 is 7.19. The van der Waals surface area contributed by atoms with Crippen LogP contribution in [-0.4, -0.2) is 28.9 Å². The topological polar surface area (TPSA) is 64.2 Å². The lowest BCUT2D eigenvalue weighted by atomic mass is 10.1. The highest BCUT2D eigenvalue weighted by Gasteiger charge is 2.09. The molecule has 6 heteroatoms. The van der Waals surface area contributed by atoms with Crippen LogP contribution in [0.25, 0.3) is 11.5 Å². The first-order valence-corrected chi connectivity index (χ1v) is 7.78. The van der Waals surface area contributed by atoms with Crippen molar-refractivity contribution < 1.29 is 4.42 Å². The van der Waals surface area contributed by atoms with Gasteiger partial charge < -0.3 is 13.9 Å². The van der Waals surface area contributed by atoms with Crippen LogP contribution in [0.3, 0.4) is 0 Å². The van der Waals surface area contributed by atoms with Crippen LogP contribution in [0.4, 0.5) is 5.69 Å². The van der Waals surface area contributed by atoms with Crippen LogP contribution < -0.4 is 10.5 Å². The van der Waals surface area contributed by atoms with E-state index in [-0.39, 0.29) is 5.56 Å². The number of pyridine rings is 1. The van der Waals surface area contributed by atoms with Gasteiger partial charge in [-0.3, -0.25) is 4.79 Å². The second kappa shape index (κ2) is 6.70. The molecule has 0 saturated heterocycles. The number of aromatic nitrogens is 3. The van der Waals surface area contributed by atoms with Crippen molar-refractivity contribution in [3.63, 3.8) is 0 Å². The van der Waals surface area contributed by atoms with Gasteiger partial charge in [0.05, 0.1) is 5.56 Å². The molecule has 0 aliphatic carbocycles. The zero-order valence-electron chi connectivity index (χ0n) is 14.1. The molecule has 0 saturated carbocycles. The molecular formula is C18H20N4O2. The molecule has 0 spiro atoms. The summed E-state index contributed by atoms with van der Waals surface area (Å²) in [5.74, 6) is 1.03. The number of nitrogens with zero attached hydrogens (tertiary/aromatic N) is 4. The average molecular weight is 324 g/mol. The van der Waals surface area contributed by atoms with Crippen molar-refractivity contribution in [3.05, 3.63) is 64.4 Å². The van der Waals surface area contributed by atoms with Crippen LogP contribution in [0.2, 0.25) is 0 Å². The number of benzene rings is 1. The van der Waals surface area contributed by atoms with Crippen molar-refractivity contribution in [3.8, 4) is 11.5 Å². The van der Waals surface area contributed by atoms with Gasteiger partial charge in [0.2, 0.25) is 17.3 Å². The molecule has 0 N–H and O–H groups in total. The lowest BCUT2D eigenvalue weighted by Gasteiger charge is -2.12. The maximum Gasteiger partial charge on any atom is 0.250 e. The molecule has 0 atom stereocenters. The summed E-state index contributed by atoms with van der Waals surface area (Å²) in [7, 11) is 5.74. The Kier molecular flexibility index (Phi) is 4.46. The van der Waals surface area contributed by atoms with Gasteiger partial charge in [0.15, 0.2) is 0 Å². The van der Waals surface area contributed by atoms with Crippen molar-refractivity contribution in [2.45, 2.75) is 12.8 Å². The molecule has 24 heavy (non-hydrogen) atoms. The standard InChI is InChI=1S/C18H20N4O2/c1-21(2)15-8-4-13(5-9-15)6-10-16-19-20-18(24-16)14-7-11-17(23)22(3)12-14/h4-5,7-9,11-12H,6,10H2,1-3H3. The minimum absolute atomic E-state index is 0.0698. The van der Waals surface area contributed by atoms with Crippen LogP contribution in [0, 0.1) is 0 Å². The molecule has 0 unspecified atom stereocenters. The van der Waals surface area contributed by atoms with E-state index >= 15 is 0 Å². The van der Waals surface area contributed by atoms with E-state index in [4.69, 9.17) is 4.42 Å². The van der Waals surface area contributed by atoms with Gasteiger partial charge in [-0.2, -0.15) is 0 Å². The summed E-state index contributed by atoms with van der Waals surface area (Å²) >= 11 is 0. The van der Waals surface area contributed by atoms with Crippen molar-refractivity contribution in [2.75, 3.05) is 19.0 Å². The maximum absolute atomic E-state index is 11.4. The smallest absolute Gasteiger partial charge is 0.250 e. The van der Waals surface area contributed by atoms with E-state index in [9.17, 15) is 4.79 Å². The van der Waals surface area contributed by atoms with E-state index in [0.717, 1.165) is 12.0 Å². The second-order valence-electron chi connectivity index (χ2n) is 5.93. The van der Waals surface area contributed by atoms with E-state index in [2.05, 4.69) is 39.4 Å². The number of hydrogen-bond donors (Lipinski definition) is 0. The van der Waals surface area contributed by atoms with Gasteiger partial charge in [0.1, 0.15) is 0 Å². The monoisotopic (exact) mass is 324 g/mol. The van der Waals surface area contributed by atoms with E-state index in [0.29, 0.717) is 18.2 Å². The van der Waals surface area contributed by atoms with Crippen molar-refractivity contribution in [1.29, 1.82) is 0 Å². The number of rotatable bonds is 5. The molecule has 0 aliphatic rings. The largest absolute Gasteiger partial charge is 0.421 e. The first-order chi connectivity index (χ1) is 11.5. The van der Waals surface area contributed by atoms with Gasteiger partial charge in [0.25, 0.3) is 0 Å². The summed E-state index contributed by atoms with van der Waals surface area (Å²) in [6.45, 7) is 0. The summed E-state index contributed by atoms with van der Waals surface area (Å²) in [6.07, 6.45) is 3.21. The third-order valence-corrected chi connectivity index (χ3v) is 3.88. The Balaban J connectivity index is 1.67. The normalized spacial score (nSPS) is 10.8. The predicted octanol–water partition coefficient (Wildman–Crippen LogP) is 2.29. The highest BCUT2D eigenvalue weighted by Crippen LogP contribution is 2.18. The third-order valence-electron chi connectivity index (χ3n) is 3.88. The lowest BCUT2D eigenvalue weighted by Crippen LogP contribution is -2.13. The van der Waals surface area contributed by atoms with Crippen LogP contribution in [0.5, 0.6) is 0 Å². The Morgan fingerprint density at radius 3 is 2.46 bits per heavy atom. The van der Waals surface area contributed by atoms with Crippen LogP contribution in [-0.2, 0) is 19.9 Å². The fourth-order valence-electron chi connectivity index (χ4n) is 2.40. The lowest BCUT2D eigenvalue weighted by molar-refractivity contribution is 0.504. The zero-order chi connectivity index (χ0) is 17.1. The molecule has 6 nitrogen and oxygen atoms in total. The predicted molar refractivity (Wildman–Crippen MR) is 93.2 cm³/mol. The molecule has 2 heterocycles. The first kappa shape index (κ1) is 16.0. The highest BCUT2D eigenvalue weighted by molar-refractivity contribution is 5.50. The molecule has 0 radical (unpaired) electrons. The highest BCUT2D eigenvalue weighted by atomic mass is 16.4. The van der Waals surface area contributed by atoms with E-state index < -0.39 is 0 Å². The fraction of sp³-hybridized carbons (Fsp3) is 0.278. The average Bonchev–Trinajstić information content (AvgIpc) is 3.05. The molecule has 0 aliphatic heterocycles. The van der Waals surface area contributed by atoms with E-state index in [1.165, 1.54) is 21.9 Å². The van der Waals surface area contributed by atoms with Crippen molar-refractivity contribution in [2.24, 2.45) is 7.05 Å². The van der Waals surface area contributed by atoms with Crippen molar-refractivity contribution in [1.82, 2.24) is 14.8 Å². The van der Waals surface area contributed by atoms with E-state index in [1.54, 1.807) is 19.3 Å². The Labute approximate surface area is 140 Å². The Morgan fingerprint density at radius 2 is 1.79 bits per heavy atom. The van der Waals surface area contributed by atoms with Crippen LogP contribution in [0.15, 0.2) is 51.8 Å². The summed E-state index contributed by atoms with van der Waals surface area (Å²) in [5, 5.41) is 8.16. The summed E-state index contributed by atoms with van der Waals surface area (Å²) in [4.78, 5) is 13.5. The number of hydrogen-bond acceptors (Lipinski definition) is 5. The molecule has 0 bridgehead atoms. The molecule has 1 aromatic carbocycles. The number of anilines is 1. The Hall–Kier alpha value is -2.89. The fourth-order valence-corrected chi connectivity index (χ4v) is 2.40. The molecule has 124 valence electrons. The number of aryl methyl sites for hydroxylation is 3. The van der Waals surface area contributed by atoms with Gasteiger partial charge in [-0.15, -0.1) is 10.2 Å². The van der Waals surface area contributed by atoms with Crippen LogP contribution in [0.1, 0.15) is 11.5 Å². The molecule has 0 fully saturated rings. The minimum atomic E-state index is -0.0698. The maximum atomic E-state index is 11.4. The summed E-state index contributed by atoms with van der Waals surface area (Å²) in [5.41, 5.74) is 3.07. The van der Waals surface area contributed by atoms with Crippen LogP contribution >= 0.6 is 0 Å². The zero-order valence-corrected chi connectivity index (χ0v) is 14.1. The molecule has 3 rings (SSSR count). The molecule has 0 amide bonds.